The smallest absolute Gasteiger partial charge is 0.264 e. The Morgan fingerprint density at radius 2 is 1.33 bits per heavy atom. The Hall–Kier alpha value is -4.62. The number of hydrogen-bond donors (Lipinski definition) is 2. The van der Waals surface area contributed by atoms with Gasteiger partial charge in [0.2, 0.25) is 5.91 Å². The van der Waals surface area contributed by atoms with Crippen LogP contribution >= 0.6 is 0 Å². The van der Waals surface area contributed by atoms with Crippen molar-refractivity contribution >= 4 is 43.0 Å². The highest BCUT2D eigenvalue weighted by Gasteiger charge is 2.28. The molecule has 42 heavy (non-hydrogen) atoms. The maximum absolute atomic E-state index is 13.8. The predicted octanol–water partition coefficient (Wildman–Crippen LogP) is 4.79. The third-order valence-corrected chi connectivity index (χ3v) is 9.26. The van der Waals surface area contributed by atoms with E-state index in [2.05, 4.69) is 10.0 Å². The summed E-state index contributed by atoms with van der Waals surface area (Å²) in [5, 5.41) is 2.61. The minimum atomic E-state index is -4.24. The summed E-state index contributed by atoms with van der Waals surface area (Å²) >= 11 is 0. The van der Waals surface area contributed by atoms with Crippen LogP contribution in [0, 0.1) is 12.7 Å². The predicted molar refractivity (Wildman–Crippen MR) is 158 cm³/mol. The van der Waals surface area contributed by atoms with E-state index in [4.69, 9.17) is 9.47 Å². The third-order valence-electron chi connectivity index (χ3n) is 6.10. The van der Waals surface area contributed by atoms with Gasteiger partial charge in [-0.3, -0.25) is 13.8 Å². The minimum Gasteiger partial charge on any atom is -0.493 e. The number of nitrogens with one attached hydrogen (secondary N) is 2. The molecule has 0 saturated carbocycles. The Morgan fingerprint density at radius 3 is 1.93 bits per heavy atom. The highest BCUT2D eigenvalue weighted by Crippen LogP contribution is 2.32. The summed E-state index contributed by atoms with van der Waals surface area (Å²) in [7, 11) is -5.41. The summed E-state index contributed by atoms with van der Waals surface area (Å²) in [6, 6.07) is 20.9. The summed E-state index contributed by atoms with van der Waals surface area (Å²) < 4.78 is 79.8. The number of rotatable bonds is 11. The van der Waals surface area contributed by atoms with Crippen LogP contribution < -0.4 is 23.8 Å². The lowest BCUT2D eigenvalue weighted by atomic mass is 10.2. The second-order valence-corrected chi connectivity index (χ2v) is 12.6. The molecule has 0 aliphatic carbocycles. The van der Waals surface area contributed by atoms with Crippen LogP contribution in [-0.2, 0) is 24.8 Å². The fraction of sp³-hybridized carbons (Fsp3) is 0.138. The normalized spacial score (nSPS) is 11.4. The number of anilines is 3. The Bertz CT molecular complexity index is 1780. The number of methoxy groups -OCH3 is 2. The Kier molecular flexibility index (Phi) is 9.02. The van der Waals surface area contributed by atoms with Crippen LogP contribution in [-0.4, -0.2) is 43.5 Å². The summed E-state index contributed by atoms with van der Waals surface area (Å²) in [5.41, 5.74) is 1.59. The van der Waals surface area contributed by atoms with Crippen molar-refractivity contribution in [3.8, 4) is 11.5 Å². The number of nitrogens with zero attached hydrogens (tertiary/aromatic N) is 1. The zero-order valence-electron chi connectivity index (χ0n) is 22.9. The van der Waals surface area contributed by atoms with Gasteiger partial charge in [-0.15, -0.1) is 0 Å². The van der Waals surface area contributed by atoms with E-state index < -0.39 is 38.3 Å². The van der Waals surface area contributed by atoms with Crippen LogP contribution in [0.2, 0.25) is 0 Å². The number of benzene rings is 4. The zero-order chi connectivity index (χ0) is 30.5. The van der Waals surface area contributed by atoms with Gasteiger partial charge in [0.05, 0.1) is 29.7 Å². The number of carbonyl (C=O) groups is 1. The van der Waals surface area contributed by atoms with Crippen LogP contribution in [0.5, 0.6) is 11.5 Å². The number of carbonyl (C=O) groups excluding carboxylic acids is 1. The molecule has 0 bridgehead atoms. The number of aryl methyl sites for hydroxylation is 1. The maximum atomic E-state index is 13.8. The molecule has 0 atom stereocenters. The molecule has 0 spiro atoms. The first-order chi connectivity index (χ1) is 19.9. The lowest BCUT2D eigenvalue weighted by Gasteiger charge is -2.24. The van der Waals surface area contributed by atoms with E-state index in [-0.39, 0.29) is 32.6 Å². The van der Waals surface area contributed by atoms with E-state index in [0.717, 1.165) is 22.0 Å². The van der Waals surface area contributed by atoms with Gasteiger partial charge in [0.1, 0.15) is 12.4 Å². The number of halogens is 1. The molecular weight excluding hydrogens is 585 g/mol. The van der Waals surface area contributed by atoms with E-state index in [0.29, 0.717) is 5.75 Å². The monoisotopic (exact) mass is 613 g/mol. The summed E-state index contributed by atoms with van der Waals surface area (Å²) in [6.07, 6.45) is 0. The van der Waals surface area contributed by atoms with E-state index >= 15 is 0 Å². The van der Waals surface area contributed by atoms with Crippen molar-refractivity contribution in [3.05, 3.63) is 102 Å². The van der Waals surface area contributed by atoms with Crippen LogP contribution in [0.4, 0.5) is 21.5 Å². The number of sulfonamides is 2. The second kappa shape index (κ2) is 12.5. The molecule has 0 aliphatic rings. The molecular formula is C29H28FN3O7S2. The number of hydrogen-bond acceptors (Lipinski definition) is 7. The van der Waals surface area contributed by atoms with Crippen molar-refractivity contribution in [2.75, 3.05) is 35.1 Å². The fourth-order valence-electron chi connectivity index (χ4n) is 3.91. The molecule has 0 radical (unpaired) electrons. The molecule has 0 aromatic heterocycles. The second-order valence-electron chi connectivity index (χ2n) is 9.05. The highest BCUT2D eigenvalue weighted by atomic mass is 32.2. The molecule has 1 amide bonds. The van der Waals surface area contributed by atoms with Gasteiger partial charge in [-0.1, -0.05) is 17.7 Å². The van der Waals surface area contributed by atoms with Crippen molar-refractivity contribution < 1.29 is 35.5 Å². The third kappa shape index (κ3) is 6.98. The van der Waals surface area contributed by atoms with Gasteiger partial charge < -0.3 is 14.8 Å². The fourth-order valence-corrected chi connectivity index (χ4v) is 6.41. The molecule has 2 N–H and O–H groups in total. The van der Waals surface area contributed by atoms with E-state index in [1.54, 1.807) is 24.3 Å². The van der Waals surface area contributed by atoms with Gasteiger partial charge in [-0.25, -0.2) is 21.2 Å². The van der Waals surface area contributed by atoms with Gasteiger partial charge in [0.25, 0.3) is 20.0 Å². The van der Waals surface area contributed by atoms with Crippen molar-refractivity contribution in [2.45, 2.75) is 16.7 Å². The highest BCUT2D eigenvalue weighted by molar-refractivity contribution is 7.93. The average molecular weight is 614 g/mol. The Labute approximate surface area is 243 Å². The first kappa shape index (κ1) is 30.3. The number of ether oxygens (including phenoxy) is 2. The van der Waals surface area contributed by atoms with Crippen LogP contribution in [0.1, 0.15) is 5.56 Å². The SMILES string of the molecule is COc1ccc(S(=O)(=O)N(CC(=O)Nc2ccc(S(=O)(=O)Nc3ccc(F)cc3)cc2)c2ccc(C)cc2)cc1OC. The van der Waals surface area contributed by atoms with Gasteiger partial charge in [-0.2, -0.15) is 0 Å². The van der Waals surface area contributed by atoms with E-state index in [9.17, 15) is 26.0 Å². The molecule has 0 fully saturated rings. The molecule has 4 aromatic carbocycles. The Balaban J connectivity index is 1.55. The molecule has 4 aromatic rings. The first-order valence-corrected chi connectivity index (χ1v) is 15.3. The Morgan fingerprint density at radius 1 is 0.762 bits per heavy atom. The van der Waals surface area contributed by atoms with E-state index in [1.807, 2.05) is 6.92 Å². The van der Waals surface area contributed by atoms with Crippen LogP contribution in [0.3, 0.4) is 0 Å². The van der Waals surface area contributed by atoms with E-state index in [1.165, 1.54) is 68.8 Å². The first-order valence-electron chi connectivity index (χ1n) is 12.4. The van der Waals surface area contributed by atoms with Gasteiger partial charge >= 0.3 is 0 Å². The van der Waals surface area contributed by atoms with Crippen molar-refractivity contribution in [1.29, 1.82) is 0 Å². The molecule has 220 valence electrons. The minimum absolute atomic E-state index is 0.0952. The molecule has 0 unspecified atom stereocenters. The van der Waals surface area contributed by atoms with Crippen LogP contribution in [0.25, 0.3) is 0 Å². The molecule has 0 heterocycles. The average Bonchev–Trinajstić information content (AvgIpc) is 2.97. The van der Waals surface area contributed by atoms with Gasteiger partial charge in [0.15, 0.2) is 11.5 Å². The summed E-state index contributed by atoms with van der Waals surface area (Å²) in [6.45, 7) is 1.27. The lowest BCUT2D eigenvalue weighted by Crippen LogP contribution is -2.38. The van der Waals surface area contributed by atoms with Crippen LogP contribution in [0.15, 0.2) is 101 Å². The quantitative estimate of drug-likeness (QED) is 0.249. The van der Waals surface area contributed by atoms with Gasteiger partial charge in [-0.05, 0) is 79.7 Å². The largest absolute Gasteiger partial charge is 0.493 e. The zero-order valence-corrected chi connectivity index (χ0v) is 24.5. The summed E-state index contributed by atoms with van der Waals surface area (Å²) in [5.74, 6) is -0.625. The molecule has 13 heteroatoms. The van der Waals surface area contributed by atoms with Gasteiger partial charge in [0, 0.05) is 17.4 Å². The molecule has 10 nitrogen and oxygen atoms in total. The van der Waals surface area contributed by atoms with Crippen molar-refractivity contribution in [2.24, 2.45) is 0 Å². The maximum Gasteiger partial charge on any atom is 0.264 e. The lowest BCUT2D eigenvalue weighted by molar-refractivity contribution is -0.114. The molecule has 0 saturated heterocycles. The molecule has 0 aliphatic heterocycles. The van der Waals surface area contributed by atoms with Crippen molar-refractivity contribution in [1.82, 2.24) is 0 Å². The topological polar surface area (TPSA) is 131 Å². The standard InChI is InChI=1S/C29H28FN3O7S2/c1-20-4-12-24(13-5-20)33(42(37,38)26-16-17-27(39-2)28(18-26)40-3)19-29(34)31-22-10-14-25(15-11-22)41(35,36)32-23-8-6-21(30)7-9-23/h4-18,32H,19H2,1-3H3,(H,31,34). The van der Waals surface area contributed by atoms with Crippen molar-refractivity contribution in [3.63, 3.8) is 0 Å². The summed E-state index contributed by atoms with van der Waals surface area (Å²) in [4.78, 5) is 12.9. The number of amides is 1. The molecule has 4 rings (SSSR count).